The molecule has 1 aliphatic heterocycles. The van der Waals surface area contributed by atoms with Crippen molar-refractivity contribution in [2.45, 2.75) is 44.2 Å². The van der Waals surface area contributed by atoms with Crippen molar-refractivity contribution in [3.63, 3.8) is 0 Å². The number of hydrogen-bond donors (Lipinski definition) is 0. The van der Waals surface area contributed by atoms with E-state index in [1.165, 1.54) is 31.2 Å². The molecule has 4 rings (SSSR count). The van der Waals surface area contributed by atoms with Crippen LogP contribution in [0.4, 0.5) is 5.82 Å². The normalized spacial score (nSPS) is 21.0. The van der Waals surface area contributed by atoms with Gasteiger partial charge in [-0.05, 0) is 56.0 Å². The van der Waals surface area contributed by atoms with Gasteiger partial charge in [0, 0.05) is 38.3 Å². The summed E-state index contributed by atoms with van der Waals surface area (Å²) in [5.74, 6) is 2.64. The second kappa shape index (κ2) is 7.71. The molecule has 2 fully saturated rings. The lowest BCUT2D eigenvalue weighted by molar-refractivity contribution is 0.198. The molecule has 6 heteroatoms. The van der Waals surface area contributed by atoms with Crippen molar-refractivity contribution >= 4 is 29.0 Å². The first-order valence-corrected chi connectivity index (χ1v) is 10.1. The monoisotopic (exact) mass is 390 g/mol. The minimum Gasteiger partial charge on any atom is -0.355 e. The van der Waals surface area contributed by atoms with Crippen LogP contribution in [0.25, 0.3) is 0 Å². The predicted octanol–water partition coefficient (Wildman–Crippen LogP) is 4.76. The molecule has 2 aromatic rings. The van der Waals surface area contributed by atoms with Crippen molar-refractivity contribution in [3.8, 4) is 0 Å². The fraction of sp³-hybridized carbons (Fsp3) is 0.500. The number of benzene rings is 1. The van der Waals surface area contributed by atoms with E-state index in [1.54, 1.807) is 0 Å². The summed E-state index contributed by atoms with van der Waals surface area (Å²) in [6.45, 7) is 3.04. The lowest BCUT2D eigenvalue weighted by Gasteiger charge is -2.38. The summed E-state index contributed by atoms with van der Waals surface area (Å²) in [7, 11) is 2.16. The van der Waals surface area contributed by atoms with E-state index in [0.717, 1.165) is 31.3 Å². The summed E-state index contributed by atoms with van der Waals surface area (Å²) >= 11 is 12.2. The van der Waals surface area contributed by atoms with Gasteiger partial charge in [0.25, 0.3) is 0 Å². The second-order valence-corrected chi connectivity index (χ2v) is 8.25. The van der Waals surface area contributed by atoms with Crippen molar-refractivity contribution in [2.75, 3.05) is 25.0 Å². The van der Waals surface area contributed by atoms with Crippen LogP contribution in [0.1, 0.15) is 43.0 Å². The number of rotatable bonds is 5. The highest BCUT2D eigenvalue weighted by Crippen LogP contribution is 2.38. The highest BCUT2D eigenvalue weighted by atomic mass is 35.5. The largest absolute Gasteiger partial charge is 0.355 e. The van der Waals surface area contributed by atoms with Crippen LogP contribution in [0.5, 0.6) is 0 Å². The van der Waals surface area contributed by atoms with E-state index < -0.39 is 0 Å². The quantitative estimate of drug-likeness (QED) is 0.736. The fourth-order valence-electron chi connectivity index (χ4n) is 3.67. The van der Waals surface area contributed by atoms with Crippen LogP contribution in [-0.2, 0) is 6.54 Å². The van der Waals surface area contributed by atoms with Gasteiger partial charge in [-0.2, -0.15) is 0 Å². The second-order valence-electron chi connectivity index (χ2n) is 7.44. The Bertz CT molecular complexity index is 778. The molecule has 0 spiro atoms. The van der Waals surface area contributed by atoms with E-state index in [2.05, 4.69) is 27.9 Å². The van der Waals surface area contributed by atoms with Crippen molar-refractivity contribution in [2.24, 2.45) is 0 Å². The lowest BCUT2D eigenvalue weighted by atomic mass is 10.0. The van der Waals surface area contributed by atoms with Crippen LogP contribution < -0.4 is 4.90 Å². The topological polar surface area (TPSA) is 32.3 Å². The predicted molar refractivity (Wildman–Crippen MR) is 107 cm³/mol. The third kappa shape index (κ3) is 4.13. The van der Waals surface area contributed by atoms with Crippen molar-refractivity contribution in [1.29, 1.82) is 0 Å². The molecule has 1 aliphatic carbocycles. The molecule has 1 atom stereocenters. The number of hydrogen-bond acceptors (Lipinski definition) is 4. The Labute approximate surface area is 165 Å². The van der Waals surface area contributed by atoms with Crippen molar-refractivity contribution < 1.29 is 0 Å². The Morgan fingerprint density at radius 2 is 2.00 bits per heavy atom. The molecular formula is C20H24Cl2N4. The number of nitrogens with zero attached hydrogens (tertiary/aromatic N) is 4. The van der Waals surface area contributed by atoms with Gasteiger partial charge in [-0.25, -0.2) is 9.97 Å². The van der Waals surface area contributed by atoms with Crippen LogP contribution in [0.2, 0.25) is 10.0 Å². The van der Waals surface area contributed by atoms with Gasteiger partial charge in [-0.1, -0.05) is 29.3 Å². The average molecular weight is 391 g/mol. The van der Waals surface area contributed by atoms with Crippen molar-refractivity contribution in [3.05, 3.63) is 51.9 Å². The van der Waals surface area contributed by atoms with Gasteiger partial charge in [-0.3, -0.25) is 4.90 Å². The highest BCUT2D eigenvalue weighted by Gasteiger charge is 2.28. The SMILES string of the molecule is CN(c1ccnc(C2CC2)n1)C1CCCN(Cc2ccc(Cl)c(Cl)c2)C1. The lowest BCUT2D eigenvalue weighted by Crippen LogP contribution is -2.46. The van der Waals surface area contributed by atoms with E-state index in [4.69, 9.17) is 28.2 Å². The average Bonchev–Trinajstić information content (AvgIpc) is 3.50. The summed E-state index contributed by atoms with van der Waals surface area (Å²) in [6.07, 6.45) is 6.75. The molecule has 2 aliphatic rings. The van der Waals surface area contributed by atoms with E-state index in [-0.39, 0.29) is 0 Å². The summed E-state index contributed by atoms with van der Waals surface area (Å²) in [6, 6.07) is 8.42. The summed E-state index contributed by atoms with van der Waals surface area (Å²) in [5, 5.41) is 1.24. The Balaban J connectivity index is 1.42. The molecule has 1 aromatic carbocycles. The first kappa shape index (κ1) is 18.0. The van der Waals surface area contributed by atoms with E-state index in [9.17, 15) is 0 Å². The smallest absolute Gasteiger partial charge is 0.133 e. The Hall–Kier alpha value is -1.36. The van der Waals surface area contributed by atoms with Gasteiger partial charge in [0.15, 0.2) is 0 Å². The standard InChI is InChI=1S/C20H24Cl2N4/c1-25(19-8-9-23-20(24-19)15-5-6-15)16-3-2-10-26(13-16)12-14-4-7-17(21)18(22)11-14/h4,7-9,11,15-16H,2-3,5-6,10,12-13H2,1H3. The Morgan fingerprint density at radius 1 is 1.15 bits per heavy atom. The first-order valence-electron chi connectivity index (χ1n) is 9.32. The van der Waals surface area contributed by atoms with Gasteiger partial charge in [0.1, 0.15) is 11.6 Å². The van der Waals surface area contributed by atoms with Gasteiger partial charge in [0.2, 0.25) is 0 Å². The van der Waals surface area contributed by atoms with E-state index in [1.807, 2.05) is 24.4 Å². The maximum atomic E-state index is 6.16. The molecule has 2 heterocycles. The zero-order chi connectivity index (χ0) is 18.1. The molecule has 4 nitrogen and oxygen atoms in total. The maximum Gasteiger partial charge on any atom is 0.133 e. The van der Waals surface area contributed by atoms with Gasteiger partial charge in [-0.15, -0.1) is 0 Å². The number of halogens is 2. The number of likely N-dealkylation sites (tertiary alicyclic amines) is 1. The first-order chi connectivity index (χ1) is 12.6. The van der Waals surface area contributed by atoms with Gasteiger partial charge < -0.3 is 4.90 Å². The van der Waals surface area contributed by atoms with Crippen LogP contribution in [0.3, 0.4) is 0 Å². The molecule has 138 valence electrons. The molecule has 1 unspecified atom stereocenters. The Kier molecular flexibility index (Phi) is 5.35. The number of likely N-dealkylation sites (N-methyl/N-ethyl adjacent to an activating group) is 1. The minimum atomic E-state index is 0.466. The van der Waals surface area contributed by atoms with Crippen LogP contribution in [0.15, 0.2) is 30.5 Å². The number of piperidine rings is 1. The van der Waals surface area contributed by atoms with Crippen LogP contribution in [0, 0.1) is 0 Å². The molecule has 1 saturated heterocycles. The third-order valence-electron chi connectivity index (χ3n) is 5.38. The van der Waals surface area contributed by atoms with Crippen LogP contribution in [-0.4, -0.2) is 41.0 Å². The molecule has 0 bridgehead atoms. The zero-order valence-corrected chi connectivity index (χ0v) is 16.5. The third-order valence-corrected chi connectivity index (χ3v) is 6.12. The minimum absolute atomic E-state index is 0.466. The zero-order valence-electron chi connectivity index (χ0n) is 15.0. The molecule has 0 radical (unpaired) electrons. The molecule has 1 saturated carbocycles. The molecule has 0 N–H and O–H groups in total. The van der Waals surface area contributed by atoms with Gasteiger partial charge in [0.05, 0.1) is 10.0 Å². The summed E-state index contributed by atoms with van der Waals surface area (Å²) in [4.78, 5) is 14.1. The number of aromatic nitrogens is 2. The van der Waals surface area contributed by atoms with E-state index in [0.29, 0.717) is 22.0 Å². The highest BCUT2D eigenvalue weighted by molar-refractivity contribution is 6.42. The summed E-state index contributed by atoms with van der Waals surface area (Å²) in [5.41, 5.74) is 1.21. The Morgan fingerprint density at radius 3 is 2.77 bits per heavy atom. The number of anilines is 1. The van der Waals surface area contributed by atoms with Crippen LogP contribution >= 0.6 is 23.2 Å². The molecular weight excluding hydrogens is 367 g/mol. The molecule has 0 amide bonds. The summed E-state index contributed by atoms with van der Waals surface area (Å²) < 4.78 is 0. The van der Waals surface area contributed by atoms with Gasteiger partial charge >= 0.3 is 0 Å². The molecule has 26 heavy (non-hydrogen) atoms. The molecule has 1 aromatic heterocycles. The maximum absolute atomic E-state index is 6.16. The van der Waals surface area contributed by atoms with Crippen molar-refractivity contribution in [1.82, 2.24) is 14.9 Å². The van der Waals surface area contributed by atoms with E-state index >= 15 is 0 Å². The fourth-order valence-corrected chi connectivity index (χ4v) is 3.99.